The van der Waals surface area contributed by atoms with E-state index in [1.165, 1.54) is 0 Å². The van der Waals surface area contributed by atoms with Crippen LogP contribution in [-0.4, -0.2) is 56.6 Å². The molecule has 0 radical (unpaired) electrons. The average Bonchev–Trinajstić information content (AvgIpc) is 3.43. The van der Waals surface area contributed by atoms with Crippen molar-refractivity contribution in [3.05, 3.63) is 33.8 Å². The van der Waals surface area contributed by atoms with Crippen LogP contribution >= 0.6 is 23.7 Å². The molecule has 2 aromatic rings. The third kappa shape index (κ3) is 4.25. The summed E-state index contributed by atoms with van der Waals surface area (Å²) in [5, 5.41) is 24.4. The molecule has 4 rings (SSSR count). The Morgan fingerprint density at radius 1 is 1.39 bits per heavy atom. The van der Waals surface area contributed by atoms with Gasteiger partial charge in [-0.15, -0.1) is 28.8 Å². The van der Waals surface area contributed by atoms with Crippen LogP contribution < -0.4 is 5.32 Å². The molecule has 2 fully saturated rings. The number of hydrogen-bond acceptors (Lipinski definition) is 6. The van der Waals surface area contributed by atoms with Gasteiger partial charge in [0.25, 0.3) is 5.91 Å². The number of piperidine rings is 1. The first-order chi connectivity index (χ1) is 13.1. The highest BCUT2D eigenvalue weighted by atomic mass is 35.5. The van der Waals surface area contributed by atoms with Crippen LogP contribution in [0.5, 0.6) is 0 Å². The Hall–Kier alpha value is -1.48. The number of nitrogens with one attached hydrogen (secondary N) is 1. The Labute approximate surface area is 175 Å². The van der Waals surface area contributed by atoms with Gasteiger partial charge in [-0.05, 0) is 63.6 Å². The Kier molecular flexibility index (Phi) is 7.09. The van der Waals surface area contributed by atoms with E-state index in [0.717, 1.165) is 55.9 Å². The number of nitrogens with zero attached hydrogens (tertiary/aromatic N) is 4. The maximum Gasteiger partial charge on any atom is 0.276 e. The molecule has 2 saturated heterocycles. The van der Waals surface area contributed by atoms with Crippen molar-refractivity contribution in [1.82, 2.24) is 25.2 Å². The zero-order valence-corrected chi connectivity index (χ0v) is 17.7. The van der Waals surface area contributed by atoms with E-state index >= 15 is 0 Å². The SMILES string of the molecule is Cc1c(C(=O)N2CCCC2CC(O)c2cccs2)nnn1C1CCNCC1.Cl. The van der Waals surface area contributed by atoms with Crippen LogP contribution in [-0.2, 0) is 0 Å². The van der Waals surface area contributed by atoms with Crippen LogP contribution in [0.4, 0.5) is 0 Å². The number of likely N-dealkylation sites (tertiary alicyclic amines) is 1. The van der Waals surface area contributed by atoms with Crippen molar-refractivity contribution < 1.29 is 9.90 Å². The number of carbonyl (C=O) groups is 1. The van der Waals surface area contributed by atoms with Gasteiger partial charge in [-0.3, -0.25) is 4.79 Å². The van der Waals surface area contributed by atoms with Crippen molar-refractivity contribution in [2.75, 3.05) is 19.6 Å². The molecule has 2 aliphatic heterocycles. The summed E-state index contributed by atoms with van der Waals surface area (Å²) >= 11 is 1.56. The Morgan fingerprint density at radius 3 is 2.89 bits per heavy atom. The minimum Gasteiger partial charge on any atom is -0.387 e. The molecule has 2 atom stereocenters. The Balaban J connectivity index is 0.00000225. The lowest BCUT2D eigenvalue weighted by Crippen LogP contribution is -2.37. The van der Waals surface area contributed by atoms with E-state index in [-0.39, 0.29) is 24.4 Å². The minimum absolute atomic E-state index is 0. The molecule has 9 heteroatoms. The van der Waals surface area contributed by atoms with Crippen LogP contribution in [0, 0.1) is 6.92 Å². The summed E-state index contributed by atoms with van der Waals surface area (Å²) < 4.78 is 1.93. The lowest BCUT2D eigenvalue weighted by Gasteiger charge is -2.26. The van der Waals surface area contributed by atoms with Gasteiger partial charge in [-0.1, -0.05) is 11.3 Å². The van der Waals surface area contributed by atoms with Crippen molar-refractivity contribution in [3.63, 3.8) is 0 Å². The smallest absolute Gasteiger partial charge is 0.276 e. The summed E-state index contributed by atoms with van der Waals surface area (Å²) in [6, 6.07) is 4.27. The molecule has 1 amide bonds. The summed E-state index contributed by atoms with van der Waals surface area (Å²) in [6.07, 6.45) is 3.97. The molecule has 4 heterocycles. The molecular formula is C19H28ClN5O2S. The van der Waals surface area contributed by atoms with E-state index in [4.69, 9.17) is 0 Å². The second kappa shape index (κ2) is 9.35. The van der Waals surface area contributed by atoms with Gasteiger partial charge in [-0.25, -0.2) is 4.68 Å². The largest absolute Gasteiger partial charge is 0.387 e. The van der Waals surface area contributed by atoms with Crippen molar-refractivity contribution in [1.29, 1.82) is 0 Å². The van der Waals surface area contributed by atoms with Gasteiger partial charge in [0.15, 0.2) is 5.69 Å². The minimum atomic E-state index is -0.519. The summed E-state index contributed by atoms with van der Waals surface area (Å²) in [5.74, 6) is -0.0476. The van der Waals surface area contributed by atoms with Crippen LogP contribution in [0.25, 0.3) is 0 Å². The van der Waals surface area contributed by atoms with Crippen molar-refractivity contribution in [2.45, 2.75) is 57.2 Å². The number of amides is 1. The first kappa shape index (κ1) is 21.2. The number of rotatable bonds is 5. The number of aliphatic hydroxyl groups is 1. The summed E-state index contributed by atoms with van der Waals surface area (Å²) in [4.78, 5) is 16.0. The summed E-state index contributed by atoms with van der Waals surface area (Å²) in [5.41, 5.74) is 1.32. The number of hydrogen-bond donors (Lipinski definition) is 2. The molecular weight excluding hydrogens is 398 g/mol. The van der Waals surface area contributed by atoms with Crippen molar-refractivity contribution >= 4 is 29.7 Å². The van der Waals surface area contributed by atoms with E-state index in [1.54, 1.807) is 11.3 Å². The highest BCUT2D eigenvalue weighted by molar-refractivity contribution is 7.10. The zero-order chi connectivity index (χ0) is 18.8. The molecule has 28 heavy (non-hydrogen) atoms. The van der Waals surface area contributed by atoms with Crippen molar-refractivity contribution in [2.24, 2.45) is 0 Å². The van der Waals surface area contributed by atoms with Crippen LogP contribution in [0.1, 0.15) is 65.3 Å². The van der Waals surface area contributed by atoms with Crippen LogP contribution in [0.3, 0.4) is 0 Å². The quantitative estimate of drug-likeness (QED) is 0.769. The predicted octanol–water partition coefficient (Wildman–Crippen LogP) is 2.72. The third-order valence-corrected chi connectivity index (χ3v) is 6.76. The lowest BCUT2D eigenvalue weighted by molar-refractivity contribution is 0.0663. The van der Waals surface area contributed by atoms with E-state index in [1.807, 2.05) is 34.0 Å². The second-order valence-corrected chi connectivity index (χ2v) is 8.49. The molecule has 0 aromatic carbocycles. The van der Waals surface area contributed by atoms with Gasteiger partial charge in [0.2, 0.25) is 0 Å². The number of halogens is 1. The molecule has 0 saturated carbocycles. The third-order valence-electron chi connectivity index (χ3n) is 5.79. The molecule has 2 N–H and O–H groups in total. The fraction of sp³-hybridized carbons (Fsp3) is 0.632. The second-order valence-electron chi connectivity index (χ2n) is 7.51. The highest BCUT2D eigenvalue weighted by Gasteiger charge is 2.34. The molecule has 0 bridgehead atoms. The molecule has 2 aliphatic rings. The highest BCUT2D eigenvalue weighted by Crippen LogP contribution is 2.31. The van der Waals surface area contributed by atoms with Gasteiger partial charge in [0.1, 0.15) is 0 Å². The maximum atomic E-state index is 13.2. The van der Waals surface area contributed by atoms with Gasteiger partial charge < -0.3 is 15.3 Å². The van der Waals surface area contributed by atoms with Crippen LogP contribution in [0.2, 0.25) is 0 Å². The molecule has 154 valence electrons. The molecule has 7 nitrogen and oxygen atoms in total. The summed E-state index contributed by atoms with van der Waals surface area (Å²) in [6.45, 7) is 4.62. The molecule has 0 aliphatic carbocycles. The normalized spacial score (nSPS) is 21.5. The first-order valence-corrected chi connectivity index (χ1v) is 10.7. The van der Waals surface area contributed by atoms with Crippen molar-refractivity contribution in [3.8, 4) is 0 Å². The van der Waals surface area contributed by atoms with Gasteiger partial charge in [-0.2, -0.15) is 0 Å². The number of aliphatic hydroxyl groups excluding tert-OH is 1. The average molecular weight is 426 g/mol. The van der Waals surface area contributed by atoms with Gasteiger partial charge in [0.05, 0.1) is 17.8 Å². The summed E-state index contributed by atoms with van der Waals surface area (Å²) in [7, 11) is 0. The zero-order valence-electron chi connectivity index (χ0n) is 16.1. The maximum absolute atomic E-state index is 13.2. The monoisotopic (exact) mass is 425 g/mol. The fourth-order valence-electron chi connectivity index (χ4n) is 4.28. The van der Waals surface area contributed by atoms with E-state index < -0.39 is 6.10 Å². The van der Waals surface area contributed by atoms with Crippen LogP contribution in [0.15, 0.2) is 17.5 Å². The Morgan fingerprint density at radius 2 is 2.18 bits per heavy atom. The Bertz CT molecular complexity index is 775. The fourth-order valence-corrected chi connectivity index (χ4v) is 5.00. The number of aromatic nitrogens is 3. The van der Waals surface area contributed by atoms with Gasteiger partial charge in [0, 0.05) is 17.5 Å². The van der Waals surface area contributed by atoms with E-state index in [9.17, 15) is 9.90 Å². The first-order valence-electron chi connectivity index (χ1n) is 9.80. The van der Waals surface area contributed by atoms with E-state index in [2.05, 4.69) is 15.6 Å². The molecule has 2 aromatic heterocycles. The predicted molar refractivity (Wildman–Crippen MR) is 111 cm³/mol. The molecule has 2 unspecified atom stereocenters. The number of thiophene rings is 1. The number of carbonyl (C=O) groups excluding carboxylic acids is 1. The topological polar surface area (TPSA) is 83.3 Å². The molecule has 0 spiro atoms. The lowest BCUT2D eigenvalue weighted by atomic mass is 10.1. The van der Waals surface area contributed by atoms with E-state index in [0.29, 0.717) is 18.2 Å². The van der Waals surface area contributed by atoms with Gasteiger partial charge >= 0.3 is 0 Å². The standard InChI is InChI=1S/C19H27N5O2S.ClH/c1-13-18(21-22-24(13)14-6-8-20-9-7-14)19(26)23-10-2-4-15(23)12-16(25)17-5-3-11-27-17;/h3,5,11,14-16,20,25H,2,4,6-10,12H2,1H3;1H.